The number of rotatable bonds is 2. The van der Waals surface area contributed by atoms with Crippen molar-refractivity contribution in [2.24, 2.45) is 7.05 Å². The van der Waals surface area contributed by atoms with Crippen molar-refractivity contribution in [1.29, 1.82) is 0 Å². The minimum atomic E-state index is 0.853. The van der Waals surface area contributed by atoms with E-state index in [0.717, 1.165) is 17.0 Å². The van der Waals surface area contributed by atoms with Crippen molar-refractivity contribution in [1.82, 2.24) is 9.78 Å². The van der Waals surface area contributed by atoms with Crippen LogP contribution in [0.5, 0.6) is 5.75 Å². The number of nitrogens with zero attached hydrogens (tertiary/aromatic N) is 2. The van der Waals surface area contributed by atoms with Crippen LogP contribution < -0.4 is 4.74 Å². The van der Waals surface area contributed by atoms with Gasteiger partial charge in [0.25, 0.3) is 0 Å². The standard InChI is InChI=1S/C11H12N2O/c1-13-8-7-10(12-13)9-5-3-4-6-11(9)14-2/h3-8H,1-2H3. The zero-order valence-electron chi connectivity index (χ0n) is 8.27. The molecular weight excluding hydrogens is 176 g/mol. The number of methoxy groups -OCH3 is 1. The molecule has 3 nitrogen and oxygen atoms in total. The highest BCUT2D eigenvalue weighted by Crippen LogP contribution is 2.27. The van der Waals surface area contributed by atoms with Crippen molar-refractivity contribution >= 4 is 0 Å². The van der Waals surface area contributed by atoms with Gasteiger partial charge in [0.2, 0.25) is 0 Å². The second-order valence-corrected chi connectivity index (χ2v) is 3.07. The van der Waals surface area contributed by atoms with Crippen LogP contribution in [0.15, 0.2) is 36.5 Å². The third-order valence-electron chi connectivity index (χ3n) is 2.10. The number of aromatic nitrogens is 2. The fourth-order valence-corrected chi connectivity index (χ4v) is 1.41. The lowest BCUT2D eigenvalue weighted by atomic mass is 10.1. The first-order valence-corrected chi connectivity index (χ1v) is 4.44. The Balaban J connectivity index is 2.50. The normalized spacial score (nSPS) is 10.1. The van der Waals surface area contributed by atoms with Gasteiger partial charge < -0.3 is 4.74 Å². The van der Waals surface area contributed by atoms with Gasteiger partial charge in [-0.2, -0.15) is 5.10 Å². The predicted molar refractivity (Wildman–Crippen MR) is 55.2 cm³/mol. The molecule has 0 bridgehead atoms. The molecule has 2 rings (SSSR count). The van der Waals surface area contributed by atoms with Crippen LogP contribution in [-0.2, 0) is 7.05 Å². The van der Waals surface area contributed by atoms with Crippen LogP contribution in [0.3, 0.4) is 0 Å². The van der Waals surface area contributed by atoms with E-state index in [0.29, 0.717) is 0 Å². The molecule has 1 aromatic heterocycles. The summed E-state index contributed by atoms with van der Waals surface area (Å²) in [5.74, 6) is 0.853. The molecule has 0 amide bonds. The lowest BCUT2D eigenvalue weighted by Crippen LogP contribution is -1.90. The summed E-state index contributed by atoms with van der Waals surface area (Å²) >= 11 is 0. The van der Waals surface area contributed by atoms with E-state index in [9.17, 15) is 0 Å². The van der Waals surface area contributed by atoms with E-state index in [-0.39, 0.29) is 0 Å². The summed E-state index contributed by atoms with van der Waals surface area (Å²) in [5.41, 5.74) is 1.96. The molecule has 0 aliphatic rings. The highest BCUT2D eigenvalue weighted by Gasteiger charge is 2.06. The number of ether oxygens (including phenoxy) is 1. The quantitative estimate of drug-likeness (QED) is 0.721. The Hall–Kier alpha value is -1.77. The number of hydrogen-bond donors (Lipinski definition) is 0. The van der Waals surface area contributed by atoms with Gasteiger partial charge in [0.15, 0.2) is 0 Å². The monoisotopic (exact) mass is 188 g/mol. The minimum absolute atomic E-state index is 0.853. The molecule has 0 aliphatic carbocycles. The fourth-order valence-electron chi connectivity index (χ4n) is 1.41. The molecule has 1 heterocycles. The van der Waals surface area contributed by atoms with Crippen molar-refractivity contribution in [3.8, 4) is 17.0 Å². The average Bonchev–Trinajstić information content (AvgIpc) is 2.65. The molecule has 14 heavy (non-hydrogen) atoms. The molecule has 0 saturated carbocycles. The van der Waals surface area contributed by atoms with Gasteiger partial charge in [0.05, 0.1) is 12.8 Å². The third kappa shape index (κ3) is 1.48. The van der Waals surface area contributed by atoms with Crippen molar-refractivity contribution in [3.05, 3.63) is 36.5 Å². The van der Waals surface area contributed by atoms with E-state index in [1.165, 1.54) is 0 Å². The van der Waals surface area contributed by atoms with Crippen molar-refractivity contribution < 1.29 is 4.74 Å². The maximum absolute atomic E-state index is 5.26. The van der Waals surface area contributed by atoms with Crippen LogP contribution in [0.25, 0.3) is 11.3 Å². The summed E-state index contributed by atoms with van der Waals surface area (Å²) in [4.78, 5) is 0. The summed E-state index contributed by atoms with van der Waals surface area (Å²) in [6.07, 6.45) is 1.92. The predicted octanol–water partition coefficient (Wildman–Crippen LogP) is 2.10. The molecule has 1 aromatic carbocycles. The number of benzene rings is 1. The van der Waals surface area contributed by atoms with Crippen LogP contribution >= 0.6 is 0 Å². The van der Waals surface area contributed by atoms with Crippen LogP contribution in [-0.4, -0.2) is 16.9 Å². The van der Waals surface area contributed by atoms with Crippen LogP contribution in [0.4, 0.5) is 0 Å². The average molecular weight is 188 g/mol. The molecule has 0 aliphatic heterocycles. The second-order valence-electron chi connectivity index (χ2n) is 3.07. The molecular formula is C11H12N2O. The van der Waals surface area contributed by atoms with Gasteiger partial charge in [-0.3, -0.25) is 4.68 Å². The van der Waals surface area contributed by atoms with E-state index in [2.05, 4.69) is 5.10 Å². The van der Waals surface area contributed by atoms with Crippen molar-refractivity contribution in [2.75, 3.05) is 7.11 Å². The SMILES string of the molecule is COc1ccccc1-c1ccn(C)n1. The lowest BCUT2D eigenvalue weighted by Gasteiger charge is -2.04. The van der Waals surface area contributed by atoms with E-state index >= 15 is 0 Å². The fraction of sp³-hybridized carbons (Fsp3) is 0.182. The maximum atomic E-state index is 5.26. The van der Waals surface area contributed by atoms with Crippen LogP contribution in [0, 0.1) is 0 Å². The zero-order chi connectivity index (χ0) is 9.97. The maximum Gasteiger partial charge on any atom is 0.128 e. The van der Waals surface area contributed by atoms with E-state index in [4.69, 9.17) is 4.74 Å². The van der Waals surface area contributed by atoms with E-state index in [1.54, 1.807) is 11.8 Å². The third-order valence-corrected chi connectivity index (χ3v) is 2.10. The molecule has 0 saturated heterocycles. The Morgan fingerprint density at radius 2 is 2.00 bits per heavy atom. The van der Waals surface area contributed by atoms with Crippen LogP contribution in [0.1, 0.15) is 0 Å². The van der Waals surface area contributed by atoms with Crippen LogP contribution in [0.2, 0.25) is 0 Å². The Kier molecular flexibility index (Phi) is 2.23. The Morgan fingerprint density at radius 3 is 2.64 bits per heavy atom. The summed E-state index contributed by atoms with van der Waals surface area (Å²) in [7, 11) is 3.57. The van der Waals surface area contributed by atoms with E-state index < -0.39 is 0 Å². The molecule has 0 atom stereocenters. The largest absolute Gasteiger partial charge is 0.496 e. The number of para-hydroxylation sites is 1. The summed E-state index contributed by atoms with van der Waals surface area (Å²) in [6, 6.07) is 9.83. The summed E-state index contributed by atoms with van der Waals surface area (Å²) in [5, 5.41) is 4.33. The smallest absolute Gasteiger partial charge is 0.128 e. The summed E-state index contributed by atoms with van der Waals surface area (Å²) in [6.45, 7) is 0. The molecule has 0 N–H and O–H groups in total. The molecule has 2 aromatic rings. The highest BCUT2D eigenvalue weighted by atomic mass is 16.5. The first-order valence-electron chi connectivity index (χ1n) is 4.44. The van der Waals surface area contributed by atoms with Crippen molar-refractivity contribution in [3.63, 3.8) is 0 Å². The van der Waals surface area contributed by atoms with Gasteiger partial charge in [-0.25, -0.2) is 0 Å². The topological polar surface area (TPSA) is 27.1 Å². The van der Waals surface area contributed by atoms with Gasteiger partial charge >= 0.3 is 0 Å². The van der Waals surface area contributed by atoms with Gasteiger partial charge in [-0.15, -0.1) is 0 Å². The first kappa shape index (κ1) is 8.81. The van der Waals surface area contributed by atoms with E-state index in [1.807, 2.05) is 43.6 Å². The van der Waals surface area contributed by atoms with Gasteiger partial charge in [0, 0.05) is 18.8 Å². The first-order chi connectivity index (χ1) is 6.81. The molecule has 0 fully saturated rings. The molecule has 0 unspecified atom stereocenters. The number of aryl methyl sites for hydroxylation is 1. The number of hydrogen-bond acceptors (Lipinski definition) is 2. The lowest BCUT2D eigenvalue weighted by molar-refractivity contribution is 0.416. The molecule has 72 valence electrons. The van der Waals surface area contributed by atoms with Gasteiger partial charge in [0.1, 0.15) is 5.75 Å². The zero-order valence-corrected chi connectivity index (χ0v) is 8.27. The Labute approximate surface area is 82.9 Å². The van der Waals surface area contributed by atoms with Crippen molar-refractivity contribution in [2.45, 2.75) is 0 Å². The van der Waals surface area contributed by atoms with Gasteiger partial charge in [-0.1, -0.05) is 12.1 Å². The van der Waals surface area contributed by atoms with Gasteiger partial charge in [-0.05, 0) is 18.2 Å². The summed E-state index contributed by atoms with van der Waals surface area (Å²) < 4.78 is 7.04. The molecule has 0 spiro atoms. The highest BCUT2D eigenvalue weighted by molar-refractivity contribution is 5.66. The molecule has 3 heteroatoms. The Morgan fingerprint density at radius 1 is 1.21 bits per heavy atom. The Bertz CT molecular complexity index is 434. The minimum Gasteiger partial charge on any atom is -0.496 e. The molecule has 0 radical (unpaired) electrons. The second kappa shape index (κ2) is 3.54.